The first-order valence-electron chi connectivity index (χ1n) is 9.10. The standard InChI is InChI=1S/C24H10F4N4/c25-21-3-13(4-22(26)19(21)7-29)15-1-17(11-31-9-15)18-2-16(10-32-12-18)14-5-23(27)20(8-30)24(28)6-14/h1-6,9-12H. The molecule has 2 aromatic heterocycles. The Morgan fingerprint density at radius 3 is 1.03 bits per heavy atom. The number of aromatic nitrogens is 2. The summed E-state index contributed by atoms with van der Waals surface area (Å²) in [6.45, 7) is 0. The second kappa shape index (κ2) is 8.29. The number of nitriles is 2. The Labute approximate surface area is 179 Å². The molecule has 0 bridgehead atoms. The van der Waals surface area contributed by atoms with Crippen molar-refractivity contribution >= 4 is 0 Å². The third-order valence-electron chi connectivity index (χ3n) is 4.78. The van der Waals surface area contributed by atoms with E-state index in [-0.39, 0.29) is 11.1 Å². The third kappa shape index (κ3) is 3.78. The fraction of sp³-hybridized carbons (Fsp3) is 0. The van der Waals surface area contributed by atoms with Gasteiger partial charge >= 0.3 is 0 Å². The Hall–Kier alpha value is -4.56. The van der Waals surface area contributed by atoms with Crippen LogP contribution in [0.1, 0.15) is 11.1 Å². The van der Waals surface area contributed by atoms with Gasteiger partial charge in [-0.2, -0.15) is 10.5 Å². The summed E-state index contributed by atoms with van der Waals surface area (Å²) in [5.74, 6) is -3.94. The SMILES string of the molecule is N#Cc1c(F)cc(-c2cncc(-c3cncc(-c4cc(F)c(C#N)c(F)c4)c3)c2)cc1F. The molecule has 2 aromatic carbocycles. The van der Waals surface area contributed by atoms with E-state index in [1.54, 1.807) is 12.1 Å². The average molecular weight is 430 g/mol. The molecule has 0 aliphatic heterocycles. The van der Waals surface area contributed by atoms with Gasteiger partial charge < -0.3 is 0 Å². The molecule has 0 aliphatic rings. The fourth-order valence-corrected chi connectivity index (χ4v) is 3.20. The van der Waals surface area contributed by atoms with Gasteiger partial charge in [0.05, 0.1) is 0 Å². The topological polar surface area (TPSA) is 73.4 Å². The molecular weight excluding hydrogens is 420 g/mol. The van der Waals surface area contributed by atoms with Crippen LogP contribution in [-0.4, -0.2) is 9.97 Å². The van der Waals surface area contributed by atoms with Crippen LogP contribution in [-0.2, 0) is 0 Å². The first-order valence-corrected chi connectivity index (χ1v) is 9.10. The van der Waals surface area contributed by atoms with Crippen LogP contribution in [0.4, 0.5) is 17.6 Å². The minimum Gasteiger partial charge on any atom is -0.263 e. The van der Waals surface area contributed by atoms with Crippen molar-refractivity contribution in [1.29, 1.82) is 10.5 Å². The molecule has 0 saturated carbocycles. The van der Waals surface area contributed by atoms with Crippen LogP contribution in [0, 0.1) is 45.9 Å². The summed E-state index contributed by atoms with van der Waals surface area (Å²) >= 11 is 0. The maximum Gasteiger partial charge on any atom is 0.144 e. The number of hydrogen-bond acceptors (Lipinski definition) is 4. The predicted molar refractivity (Wildman–Crippen MR) is 108 cm³/mol. The predicted octanol–water partition coefficient (Wildman–Crippen LogP) is 5.78. The maximum absolute atomic E-state index is 14.0. The summed E-state index contributed by atoms with van der Waals surface area (Å²) in [4.78, 5) is 8.20. The molecule has 0 saturated heterocycles. The largest absolute Gasteiger partial charge is 0.263 e. The zero-order valence-corrected chi connectivity index (χ0v) is 16.1. The molecule has 0 aliphatic carbocycles. The molecule has 4 nitrogen and oxygen atoms in total. The third-order valence-corrected chi connectivity index (χ3v) is 4.78. The molecule has 0 unspecified atom stereocenters. The Kier molecular flexibility index (Phi) is 5.36. The Morgan fingerprint density at radius 2 is 0.750 bits per heavy atom. The van der Waals surface area contributed by atoms with Crippen molar-refractivity contribution in [3.05, 3.63) is 95.6 Å². The van der Waals surface area contributed by atoms with Crippen LogP contribution in [0.25, 0.3) is 33.4 Å². The second-order valence-electron chi connectivity index (χ2n) is 6.78. The van der Waals surface area contributed by atoms with E-state index in [1.807, 2.05) is 0 Å². The van der Waals surface area contributed by atoms with Gasteiger partial charge in [-0.15, -0.1) is 0 Å². The van der Waals surface area contributed by atoms with Crippen LogP contribution < -0.4 is 0 Å². The summed E-state index contributed by atoms with van der Waals surface area (Å²) in [5, 5.41) is 17.6. The highest BCUT2D eigenvalue weighted by atomic mass is 19.1. The molecule has 4 rings (SSSR count). The number of halogens is 4. The van der Waals surface area contributed by atoms with Gasteiger partial charge in [0.1, 0.15) is 46.5 Å². The Balaban J connectivity index is 1.76. The number of hydrogen-bond donors (Lipinski definition) is 0. The van der Waals surface area contributed by atoms with E-state index in [4.69, 9.17) is 10.5 Å². The van der Waals surface area contributed by atoms with Crippen molar-refractivity contribution in [1.82, 2.24) is 9.97 Å². The average Bonchev–Trinajstić information content (AvgIpc) is 2.79. The summed E-state index contributed by atoms with van der Waals surface area (Å²) < 4.78 is 56.0. The quantitative estimate of drug-likeness (QED) is 0.387. The number of pyridine rings is 2. The summed E-state index contributed by atoms with van der Waals surface area (Å²) in [6.07, 6.45) is 5.82. The van der Waals surface area contributed by atoms with Crippen molar-refractivity contribution in [2.45, 2.75) is 0 Å². The molecule has 2 heterocycles. The number of nitrogens with zero attached hydrogens (tertiary/aromatic N) is 4. The minimum absolute atomic E-state index is 0.189. The summed E-state index contributed by atoms with van der Waals surface area (Å²) in [6, 6.07) is 10.3. The molecule has 0 radical (unpaired) electrons. The van der Waals surface area contributed by atoms with Gasteiger partial charge in [0, 0.05) is 47.0 Å². The second-order valence-corrected chi connectivity index (χ2v) is 6.78. The molecule has 0 spiro atoms. The number of rotatable bonds is 3. The summed E-state index contributed by atoms with van der Waals surface area (Å²) in [7, 11) is 0. The van der Waals surface area contributed by atoms with Crippen LogP contribution in [0.3, 0.4) is 0 Å². The maximum atomic E-state index is 14.0. The monoisotopic (exact) mass is 430 g/mol. The van der Waals surface area contributed by atoms with Crippen molar-refractivity contribution in [2.75, 3.05) is 0 Å². The lowest BCUT2D eigenvalue weighted by molar-refractivity contribution is 0.577. The fourth-order valence-electron chi connectivity index (χ4n) is 3.20. The van der Waals surface area contributed by atoms with Crippen LogP contribution in [0.5, 0.6) is 0 Å². The van der Waals surface area contributed by atoms with Crippen LogP contribution >= 0.6 is 0 Å². The molecule has 0 N–H and O–H groups in total. The minimum atomic E-state index is -0.985. The van der Waals surface area contributed by atoms with Gasteiger partial charge in [-0.05, 0) is 47.5 Å². The van der Waals surface area contributed by atoms with E-state index < -0.39 is 34.4 Å². The zero-order valence-electron chi connectivity index (χ0n) is 16.1. The van der Waals surface area contributed by atoms with Crippen molar-refractivity contribution in [2.24, 2.45) is 0 Å². The van der Waals surface area contributed by atoms with E-state index in [1.165, 1.54) is 36.9 Å². The van der Waals surface area contributed by atoms with E-state index in [0.29, 0.717) is 22.3 Å². The molecule has 0 fully saturated rings. The molecular formula is C24H10F4N4. The molecule has 154 valence electrons. The van der Waals surface area contributed by atoms with Crippen LogP contribution in [0.2, 0.25) is 0 Å². The lowest BCUT2D eigenvalue weighted by atomic mass is 9.99. The first-order chi connectivity index (χ1) is 15.4. The number of benzene rings is 2. The van der Waals surface area contributed by atoms with Gasteiger partial charge in [-0.1, -0.05) is 0 Å². The van der Waals surface area contributed by atoms with E-state index in [9.17, 15) is 17.6 Å². The molecule has 0 atom stereocenters. The van der Waals surface area contributed by atoms with Crippen molar-refractivity contribution in [3.8, 4) is 45.5 Å². The van der Waals surface area contributed by atoms with Crippen molar-refractivity contribution in [3.63, 3.8) is 0 Å². The lowest BCUT2D eigenvalue weighted by Crippen LogP contribution is -1.94. The molecule has 0 amide bonds. The van der Waals surface area contributed by atoms with Gasteiger partial charge in [-0.3, -0.25) is 9.97 Å². The Bertz CT molecular complexity index is 1290. The first kappa shape index (κ1) is 20.7. The van der Waals surface area contributed by atoms with E-state index in [0.717, 1.165) is 24.3 Å². The summed E-state index contributed by atoms with van der Waals surface area (Å²) in [5.41, 5.74) is 0.903. The lowest BCUT2D eigenvalue weighted by Gasteiger charge is -2.09. The van der Waals surface area contributed by atoms with Gasteiger partial charge in [-0.25, -0.2) is 17.6 Å². The highest BCUT2D eigenvalue weighted by Crippen LogP contribution is 2.30. The van der Waals surface area contributed by atoms with E-state index >= 15 is 0 Å². The highest BCUT2D eigenvalue weighted by molar-refractivity contribution is 5.75. The normalized spacial score (nSPS) is 10.4. The van der Waals surface area contributed by atoms with Crippen molar-refractivity contribution < 1.29 is 17.6 Å². The zero-order chi connectivity index (χ0) is 22.8. The van der Waals surface area contributed by atoms with E-state index in [2.05, 4.69) is 9.97 Å². The highest BCUT2D eigenvalue weighted by Gasteiger charge is 2.14. The Morgan fingerprint density at radius 1 is 0.469 bits per heavy atom. The molecule has 4 aromatic rings. The van der Waals surface area contributed by atoms with Crippen LogP contribution in [0.15, 0.2) is 61.2 Å². The smallest absolute Gasteiger partial charge is 0.144 e. The van der Waals surface area contributed by atoms with Gasteiger partial charge in [0.25, 0.3) is 0 Å². The van der Waals surface area contributed by atoms with Gasteiger partial charge in [0.15, 0.2) is 0 Å². The van der Waals surface area contributed by atoms with Gasteiger partial charge in [0.2, 0.25) is 0 Å². The molecule has 32 heavy (non-hydrogen) atoms. The molecule has 8 heteroatoms.